The summed E-state index contributed by atoms with van der Waals surface area (Å²) >= 11 is 6.12. The molecule has 0 N–H and O–H groups in total. The van der Waals surface area contributed by atoms with Gasteiger partial charge in [-0.15, -0.1) is 0 Å². The molecule has 3 nitrogen and oxygen atoms in total. The van der Waals surface area contributed by atoms with E-state index in [4.69, 9.17) is 11.6 Å². The minimum absolute atomic E-state index is 0.399. The van der Waals surface area contributed by atoms with Crippen molar-refractivity contribution in [3.8, 4) is 6.07 Å². The van der Waals surface area contributed by atoms with Crippen molar-refractivity contribution in [2.75, 3.05) is 6.54 Å². The smallest absolute Gasteiger partial charge is 0.0867 e. The molecule has 3 heterocycles. The lowest BCUT2D eigenvalue weighted by atomic mass is 9.71. The van der Waals surface area contributed by atoms with E-state index in [9.17, 15) is 5.26 Å². The quantitative estimate of drug-likeness (QED) is 0.709. The second-order valence-corrected chi connectivity index (χ2v) is 7.61. The first-order chi connectivity index (χ1) is 11.2. The van der Waals surface area contributed by atoms with Crippen LogP contribution < -0.4 is 0 Å². The van der Waals surface area contributed by atoms with Crippen molar-refractivity contribution in [1.29, 1.82) is 5.26 Å². The van der Waals surface area contributed by atoms with Crippen LogP contribution in [0.4, 0.5) is 0 Å². The van der Waals surface area contributed by atoms with Gasteiger partial charge in [0.1, 0.15) is 0 Å². The number of fused-ring (bicyclic) bond motifs is 2. The van der Waals surface area contributed by atoms with Crippen molar-refractivity contribution < 1.29 is 0 Å². The highest BCUT2D eigenvalue weighted by atomic mass is 35.5. The second-order valence-electron chi connectivity index (χ2n) is 7.18. The fraction of sp³-hybridized carbons (Fsp3) is 0.684. The molecule has 23 heavy (non-hydrogen) atoms. The summed E-state index contributed by atoms with van der Waals surface area (Å²) in [5.41, 5.74) is 0.610. The Hall–Kier alpha value is -1.11. The summed E-state index contributed by atoms with van der Waals surface area (Å²) in [4.78, 5) is 6.90. The molecule has 2 aliphatic heterocycles. The molecule has 3 rings (SSSR count). The van der Waals surface area contributed by atoms with Crippen LogP contribution in [-0.4, -0.2) is 28.5 Å². The number of rotatable bonds is 6. The van der Waals surface area contributed by atoms with Crippen LogP contribution in [0.5, 0.6) is 0 Å². The number of piperidine rings is 1. The van der Waals surface area contributed by atoms with Gasteiger partial charge in [0.05, 0.1) is 16.5 Å². The third-order valence-electron chi connectivity index (χ3n) is 5.68. The monoisotopic (exact) mass is 331 g/mol. The van der Waals surface area contributed by atoms with Gasteiger partial charge < -0.3 is 0 Å². The third kappa shape index (κ3) is 3.39. The highest BCUT2D eigenvalue weighted by Crippen LogP contribution is 2.47. The van der Waals surface area contributed by atoms with Crippen molar-refractivity contribution in [2.45, 2.75) is 75.8 Å². The molecule has 2 unspecified atom stereocenters. The van der Waals surface area contributed by atoms with E-state index in [0.29, 0.717) is 17.1 Å². The number of nitriles is 1. The SMILES string of the molecule is CCCCCCN1C2CCC1CC(C#N)(c1cncc(Cl)c1)C2. The summed E-state index contributed by atoms with van der Waals surface area (Å²) in [6.45, 7) is 3.45. The molecule has 1 aromatic heterocycles. The normalized spacial score (nSPS) is 30.3. The van der Waals surface area contributed by atoms with Crippen LogP contribution in [0.25, 0.3) is 0 Å². The zero-order chi connectivity index (χ0) is 16.3. The van der Waals surface area contributed by atoms with Gasteiger partial charge in [-0.05, 0) is 50.3 Å². The Kier molecular flexibility index (Phi) is 5.24. The standard InChI is InChI=1S/C19H26ClN3/c1-2-3-4-5-8-23-17-6-7-18(23)11-19(10-17,14-21)15-9-16(20)13-22-12-15/h9,12-13,17-18H,2-8,10-11H2,1H3. The largest absolute Gasteiger partial charge is 0.297 e. The fourth-order valence-corrected chi connectivity index (χ4v) is 4.67. The van der Waals surface area contributed by atoms with E-state index < -0.39 is 5.41 Å². The number of aromatic nitrogens is 1. The summed E-state index contributed by atoms with van der Waals surface area (Å²) in [5, 5.41) is 10.6. The maximum atomic E-state index is 9.94. The molecule has 2 aliphatic rings. The van der Waals surface area contributed by atoms with E-state index in [1.807, 2.05) is 12.3 Å². The fourth-order valence-electron chi connectivity index (χ4n) is 4.49. The van der Waals surface area contributed by atoms with Gasteiger partial charge in [-0.25, -0.2) is 0 Å². The van der Waals surface area contributed by atoms with Crippen molar-refractivity contribution >= 4 is 11.6 Å². The number of hydrogen-bond acceptors (Lipinski definition) is 3. The van der Waals surface area contributed by atoms with Crippen molar-refractivity contribution in [1.82, 2.24) is 9.88 Å². The van der Waals surface area contributed by atoms with Crippen LogP contribution in [0, 0.1) is 11.3 Å². The van der Waals surface area contributed by atoms with E-state index in [-0.39, 0.29) is 0 Å². The van der Waals surface area contributed by atoms with Gasteiger partial charge in [-0.1, -0.05) is 37.8 Å². The Bertz CT molecular complexity index is 566. The number of pyridine rings is 1. The van der Waals surface area contributed by atoms with Crippen LogP contribution in [-0.2, 0) is 5.41 Å². The molecular weight excluding hydrogens is 306 g/mol. The molecule has 0 radical (unpaired) electrons. The van der Waals surface area contributed by atoms with Crippen LogP contribution in [0.15, 0.2) is 18.5 Å². The predicted octanol–water partition coefficient (Wildman–Crippen LogP) is 4.70. The second kappa shape index (κ2) is 7.20. The molecule has 0 amide bonds. The lowest BCUT2D eigenvalue weighted by Crippen LogP contribution is -2.49. The van der Waals surface area contributed by atoms with Gasteiger partial charge >= 0.3 is 0 Å². The lowest BCUT2D eigenvalue weighted by molar-refractivity contribution is 0.103. The molecule has 2 fully saturated rings. The Morgan fingerprint density at radius 3 is 2.61 bits per heavy atom. The highest BCUT2D eigenvalue weighted by Gasteiger charge is 2.49. The van der Waals surface area contributed by atoms with Gasteiger partial charge in [-0.2, -0.15) is 5.26 Å². The van der Waals surface area contributed by atoms with E-state index >= 15 is 0 Å². The number of unbranched alkanes of at least 4 members (excludes halogenated alkanes) is 3. The van der Waals surface area contributed by atoms with E-state index in [2.05, 4.69) is 22.9 Å². The van der Waals surface area contributed by atoms with Crippen LogP contribution in [0.2, 0.25) is 5.02 Å². The Morgan fingerprint density at radius 2 is 2.00 bits per heavy atom. The molecule has 0 aromatic carbocycles. The number of halogens is 1. The summed E-state index contributed by atoms with van der Waals surface area (Å²) in [6.07, 6.45) is 13.0. The minimum Gasteiger partial charge on any atom is -0.297 e. The van der Waals surface area contributed by atoms with Gasteiger partial charge in [0, 0.05) is 24.5 Å². The van der Waals surface area contributed by atoms with Gasteiger partial charge in [-0.3, -0.25) is 9.88 Å². The van der Waals surface area contributed by atoms with Gasteiger partial charge in [0.25, 0.3) is 0 Å². The third-order valence-corrected chi connectivity index (χ3v) is 5.89. The molecule has 0 aliphatic carbocycles. The lowest BCUT2D eigenvalue weighted by Gasteiger charge is -2.43. The molecule has 2 atom stereocenters. The zero-order valence-electron chi connectivity index (χ0n) is 14.0. The Morgan fingerprint density at radius 1 is 1.26 bits per heavy atom. The van der Waals surface area contributed by atoms with Crippen LogP contribution >= 0.6 is 11.6 Å². The Labute approximate surface area is 144 Å². The zero-order valence-corrected chi connectivity index (χ0v) is 14.7. The summed E-state index contributed by atoms with van der Waals surface area (Å²) in [6, 6.07) is 5.67. The number of nitrogens with zero attached hydrogens (tertiary/aromatic N) is 3. The summed E-state index contributed by atoms with van der Waals surface area (Å²) in [7, 11) is 0. The van der Waals surface area contributed by atoms with E-state index in [1.54, 1.807) is 6.20 Å². The topological polar surface area (TPSA) is 39.9 Å². The Balaban J connectivity index is 1.73. The summed E-state index contributed by atoms with van der Waals surface area (Å²) in [5.74, 6) is 0. The first-order valence-electron chi connectivity index (χ1n) is 8.96. The molecule has 0 spiro atoms. The maximum Gasteiger partial charge on any atom is 0.0867 e. The summed E-state index contributed by atoms with van der Waals surface area (Å²) < 4.78 is 0. The van der Waals surface area contributed by atoms with Gasteiger partial charge in [0.2, 0.25) is 0 Å². The van der Waals surface area contributed by atoms with Crippen molar-refractivity contribution in [3.63, 3.8) is 0 Å². The van der Waals surface area contributed by atoms with Crippen molar-refractivity contribution in [2.24, 2.45) is 0 Å². The highest BCUT2D eigenvalue weighted by molar-refractivity contribution is 6.30. The predicted molar refractivity (Wildman–Crippen MR) is 93.4 cm³/mol. The van der Waals surface area contributed by atoms with Crippen LogP contribution in [0.3, 0.4) is 0 Å². The first-order valence-corrected chi connectivity index (χ1v) is 9.34. The molecule has 124 valence electrons. The molecule has 1 aromatic rings. The minimum atomic E-state index is -0.399. The molecular formula is C19H26ClN3. The average Bonchev–Trinajstić information content (AvgIpc) is 2.81. The number of hydrogen-bond donors (Lipinski definition) is 0. The maximum absolute atomic E-state index is 9.94. The average molecular weight is 332 g/mol. The van der Waals surface area contributed by atoms with Gasteiger partial charge in [0.15, 0.2) is 0 Å². The van der Waals surface area contributed by atoms with Crippen molar-refractivity contribution in [3.05, 3.63) is 29.0 Å². The molecule has 4 heteroatoms. The first kappa shape index (κ1) is 16.7. The molecule has 0 saturated carbocycles. The molecule has 2 bridgehead atoms. The molecule has 2 saturated heterocycles. The van der Waals surface area contributed by atoms with E-state index in [1.165, 1.54) is 45.1 Å². The van der Waals surface area contributed by atoms with E-state index in [0.717, 1.165) is 18.4 Å². The van der Waals surface area contributed by atoms with Crippen LogP contribution in [0.1, 0.15) is 63.9 Å².